The number of fused-ring (bicyclic) bond motifs is 1. The molecule has 258 valence electrons. The van der Waals surface area contributed by atoms with E-state index >= 15 is 0 Å². The van der Waals surface area contributed by atoms with Gasteiger partial charge in [0.1, 0.15) is 23.2 Å². The lowest BCUT2D eigenvalue weighted by Crippen LogP contribution is -2.71. The first-order valence-corrected chi connectivity index (χ1v) is 18.7. The maximum atomic E-state index is 14.3. The second kappa shape index (κ2) is 15.7. The van der Waals surface area contributed by atoms with Crippen molar-refractivity contribution in [2.45, 2.75) is 36.5 Å². The van der Waals surface area contributed by atoms with Gasteiger partial charge in [0.2, 0.25) is 11.5 Å². The number of nitrogens with one attached hydrogen (secondary N) is 1. The molecule has 0 bridgehead atoms. The zero-order chi connectivity index (χ0) is 35.2. The lowest BCUT2D eigenvalue weighted by atomic mass is 10.0. The lowest BCUT2D eigenvalue weighted by Gasteiger charge is -2.49. The van der Waals surface area contributed by atoms with E-state index in [0.29, 0.717) is 10.7 Å². The molecule has 4 heterocycles. The smallest absolute Gasteiger partial charge is 0.356 e. The van der Waals surface area contributed by atoms with Crippen molar-refractivity contribution < 1.29 is 24.0 Å². The van der Waals surface area contributed by atoms with Crippen LogP contribution in [0.15, 0.2) is 119 Å². The van der Waals surface area contributed by atoms with Gasteiger partial charge in [0.05, 0.1) is 0 Å². The number of hydrogen-bond donors (Lipinski definition) is 2. The van der Waals surface area contributed by atoms with E-state index < -0.39 is 35.3 Å². The Morgan fingerprint density at radius 3 is 2.49 bits per heavy atom. The molecule has 0 spiro atoms. The van der Waals surface area contributed by atoms with Crippen LogP contribution in [0.2, 0.25) is 0 Å². The molecular weight excluding hydrogens is 707 g/mol. The van der Waals surface area contributed by atoms with Crippen LogP contribution in [0.3, 0.4) is 0 Å². The summed E-state index contributed by atoms with van der Waals surface area (Å²) < 4.78 is 10.4. The fraction of sp³-hybridized carbons (Fsp3) is 0.194. The van der Waals surface area contributed by atoms with Crippen molar-refractivity contribution in [3.8, 4) is 0 Å². The molecule has 2 aromatic heterocycles. The highest BCUT2D eigenvalue weighted by Gasteiger charge is 2.55. The third kappa shape index (κ3) is 7.75. The molecule has 2 aliphatic heterocycles. The monoisotopic (exact) mass is 737 g/mol. The van der Waals surface area contributed by atoms with E-state index in [2.05, 4.69) is 24.8 Å². The van der Waals surface area contributed by atoms with Gasteiger partial charge in [-0.25, -0.2) is 4.79 Å². The van der Waals surface area contributed by atoms with Gasteiger partial charge in [-0.2, -0.15) is 9.36 Å². The third-order valence-corrected chi connectivity index (χ3v) is 11.0. The number of esters is 1. The molecule has 3 N–H and O–H groups in total. The molecule has 3 aliphatic rings. The summed E-state index contributed by atoms with van der Waals surface area (Å²) in [6.45, 7) is 0. The number of hydrogen-bond acceptors (Lipinski definition) is 13. The van der Waals surface area contributed by atoms with Crippen molar-refractivity contribution in [2.24, 2.45) is 5.16 Å². The summed E-state index contributed by atoms with van der Waals surface area (Å²) in [6.07, 6.45) is 9.67. The normalized spacial score (nSPS) is 20.0. The zero-order valence-corrected chi connectivity index (χ0v) is 29.4. The number of benzene rings is 2. The number of β-lactam (4-membered cyclic amide) rings is 1. The van der Waals surface area contributed by atoms with Crippen molar-refractivity contribution in [1.29, 1.82) is 0 Å². The second-order valence-corrected chi connectivity index (χ2v) is 14.4. The Hall–Kier alpha value is -5.25. The Bertz CT molecular complexity index is 1980. The number of nitrogens with zero attached hydrogens (tertiary/aromatic N) is 5. The van der Waals surface area contributed by atoms with Gasteiger partial charge in [-0.3, -0.25) is 19.5 Å². The Kier molecular flexibility index (Phi) is 10.6. The van der Waals surface area contributed by atoms with Crippen LogP contribution in [0.5, 0.6) is 0 Å². The topological polar surface area (TPSA) is 162 Å². The van der Waals surface area contributed by atoms with E-state index in [4.69, 9.17) is 15.3 Å². The number of oxime groups is 1. The average molecular weight is 738 g/mol. The number of thioether (sulfide) groups is 2. The van der Waals surface area contributed by atoms with Crippen LogP contribution in [0.1, 0.15) is 41.5 Å². The van der Waals surface area contributed by atoms with Crippen molar-refractivity contribution in [3.05, 3.63) is 136 Å². The maximum Gasteiger partial charge on any atom is 0.356 e. The van der Waals surface area contributed by atoms with E-state index in [1.165, 1.54) is 28.4 Å². The van der Waals surface area contributed by atoms with Crippen molar-refractivity contribution in [3.63, 3.8) is 0 Å². The van der Waals surface area contributed by atoms with Crippen LogP contribution >= 0.6 is 35.1 Å². The number of rotatable bonds is 12. The SMILES string of the molecule is Nc1nc(/C(=N\OC2C=CCC2)C(=O)NC2C(=O)N3C(C(=O)OC(c4ccccc4)c4ccccc4)=C(S/C=C\c4cccnc4)CS[C@H]23)ns1. The van der Waals surface area contributed by atoms with Crippen LogP contribution in [0, 0.1) is 0 Å². The van der Waals surface area contributed by atoms with Crippen LogP contribution in [-0.4, -0.2) is 66.0 Å². The Balaban J connectivity index is 1.16. The first kappa shape index (κ1) is 34.2. The maximum absolute atomic E-state index is 14.3. The number of nitrogen functional groups attached to an aromatic ring is 1. The summed E-state index contributed by atoms with van der Waals surface area (Å²) >= 11 is 3.67. The van der Waals surface area contributed by atoms with Gasteiger partial charge in [0, 0.05) is 34.6 Å². The van der Waals surface area contributed by atoms with Crippen LogP contribution in [0.4, 0.5) is 5.13 Å². The number of amides is 2. The average Bonchev–Trinajstić information content (AvgIpc) is 3.85. The molecule has 0 saturated carbocycles. The molecule has 3 atom stereocenters. The highest BCUT2D eigenvalue weighted by Crippen LogP contribution is 2.45. The Labute approximate surface area is 306 Å². The highest BCUT2D eigenvalue weighted by molar-refractivity contribution is 8.08. The van der Waals surface area contributed by atoms with E-state index in [-0.39, 0.29) is 28.5 Å². The largest absolute Gasteiger partial charge is 0.448 e. The van der Waals surface area contributed by atoms with Gasteiger partial charge in [-0.15, -0.1) is 11.8 Å². The van der Waals surface area contributed by atoms with Crippen LogP contribution in [0.25, 0.3) is 6.08 Å². The first-order chi connectivity index (χ1) is 25.0. The minimum atomic E-state index is -0.964. The van der Waals surface area contributed by atoms with Gasteiger partial charge in [0.25, 0.3) is 11.8 Å². The molecule has 2 aromatic carbocycles. The molecule has 4 aromatic rings. The molecule has 2 amide bonds. The fourth-order valence-electron chi connectivity index (χ4n) is 5.63. The van der Waals surface area contributed by atoms with Crippen LogP contribution in [-0.2, 0) is 24.0 Å². The summed E-state index contributed by atoms with van der Waals surface area (Å²) in [4.78, 5) is 57.8. The Morgan fingerprint density at radius 1 is 1.08 bits per heavy atom. The minimum Gasteiger partial charge on any atom is -0.448 e. The van der Waals surface area contributed by atoms with Crippen molar-refractivity contribution >= 4 is 69.8 Å². The van der Waals surface area contributed by atoms with Gasteiger partial charge < -0.3 is 20.6 Å². The number of ether oxygens (including phenoxy) is 1. The van der Waals surface area contributed by atoms with Gasteiger partial charge in [-0.1, -0.05) is 89.7 Å². The number of carbonyl (C=O) groups excluding carboxylic acids is 3. The fourth-order valence-corrected chi connectivity index (χ4v) is 8.41. The number of nitrogens with two attached hydrogens (primary N) is 1. The number of allylic oxidation sites excluding steroid dienone is 1. The molecule has 0 radical (unpaired) electrons. The quantitative estimate of drug-likeness (QED) is 0.0638. The van der Waals surface area contributed by atoms with Crippen LogP contribution < -0.4 is 11.1 Å². The van der Waals surface area contributed by atoms with Crippen molar-refractivity contribution in [2.75, 3.05) is 11.5 Å². The molecule has 1 aliphatic carbocycles. The minimum absolute atomic E-state index is 0.00646. The van der Waals surface area contributed by atoms with Gasteiger partial charge in [0.15, 0.2) is 11.2 Å². The molecule has 12 nitrogen and oxygen atoms in total. The summed E-state index contributed by atoms with van der Waals surface area (Å²) in [5.74, 6) is -1.45. The number of pyridine rings is 1. The summed E-state index contributed by atoms with van der Waals surface area (Å²) in [5, 5.41) is 8.28. The molecule has 7 rings (SSSR count). The second-order valence-electron chi connectivity index (χ2n) is 11.5. The van der Waals surface area contributed by atoms with Gasteiger partial charge >= 0.3 is 5.97 Å². The third-order valence-electron chi connectivity index (χ3n) is 8.11. The van der Waals surface area contributed by atoms with E-state index in [9.17, 15) is 14.4 Å². The summed E-state index contributed by atoms with van der Waals surface area (Å²) in [7, 11) is 0. The predicted octanol–water partition coefficient (Wildman–Crippen LogP) is 5.30. The van der Waals surface area contributed by atoms with E-state index in [1.54, 1.807) is 12.4 Å². The zero-order valence-electron chi connectivity index (χ0n) is 26.9. The van der Waals surface area contributed by atoms with Crippen molar-refractivity contribution in [1.82, 2.24) is 24.6 Å². The number of aromatic nitrogens is 3. The molecular formula is C36H31N7O5S3. The number of carbonyl (C=O) groups is 3. The van der Waals surface area contributed by atoms with Gasteiger partial charge in [-0.05, 0) is 53.2 Å². The molecule has 15 heteroatoms. The molecule has 2 unspecified atom stereocenters. The summed E-state index contributed by atoms with van der Waals surface area (Å²) in [5.41, 5.74) is 8.18. The standard InChI is InChI=1S/C36H31N7O5S3/c37-36-40-31(42-51-36)27(41-48-25-15-7-8-16-25)32(44)39-28-33(45)43-29(26(21-50-34(28)43)49-19-17-22-10-9-18-38-20-22)35(46)47-30(23-11-3-1-4-12-23)24-13-5-2-6-14-24/h1-7,9-15,17-20,25,28,30,34H,8,16,21H2,(H,39,44)(H2,37,40,42)/b19-17-,41-27+/t25?,28?,34-/m1/s1. The Morgan fingerprint density at radius 2 is 1.84 bits per heavy atom. The summed E-state index contributed by atoms with van der Waals surface area (Å²) in [6, 6.07) is 21.7. The molecule has 1 saturated heterocycles. The highest BCUT2D eigenvalue weighted by atomic mass is 32.2. The lowest BCUT2D eigenvalue weighted by molar-refractivity contribution is -0.154. The first-order valence-electron chi connectivity index (χ1n) is 16.0. The molecule has 51 heavy (non-hydrogen) atoms. The number of anilines is 1. The molecule has 1 fully saturated rings. The van der Waals surface area contributed by atoms with E-state index in [1.807, 2.05) is 96.4 Å². The van der Waals surface area contributed by atoms with E-state index in [0.717, 1.165) is 41.1 Å². The predicted molar refractivity (Wildman–Crippen MR) is 198 cm³/mol.